The van der Waals surface area contributed by atoms with Crippen molar-refractivity contribution in [1.29, 1.82) is 0 Å². The number of carboxylic acid groups (broad SMARTS) is 1. The lowest BCUT2D eigenvalue weighted by Gasteiger charge is -1.81. The minimum atomic E-state index is -0.250. The summed E-state index contributed by atoms with van der Waals surface area (Å²) in [6.45, 7) is 1.76. The molecule has 0 aliphatic heterocycles. The van der Waals surface area contributed by atoms with Crippen molar-refractivity contribution >= 4 is 23.5 Å². The third kappa shape index (κ3) is 3.09. The number of carbonyl (C=O) groups is 1. The Morgan fingerprint density at radius 1 is 1.80 bits per heavy atom. The molecule has 1 heterocycles. The van der Waals surface area contributed by atoms with E-state index in [1.54, 1.807) is 11.3 Å². The largest absolute Gasteiger partial charge is 0.483 e. The minimum absolute atomic E-state index is 0.250. The molecular formula is C6H9NO2S. The summed E-state index contributed by atoms with van der Waals surface area (Å²) in [5, 5.41) is 8.88. The second-order valence-electron chi connectivity index (χ2n) is 1.54. The van der Waals surface area contributed by atoms with Crippen molar-refractivity contribution < 1.29 is 9.90 Å². The van der Waals surface area contributed by atoms with Gasteiger partial charge < -0.3 is 10.8 Å². The maximum atomic E-state index is 8.36. The quantitative estimate of drug-likeness (QED) is 0.561. The van der Waals surface area contributed by atoms with Gasteiger partial charge in [0.1, 0.15) is 0 Å². The molecular weight excluding hydrogens is 150 g/mol. The molecule has 0 amide bonds. The summed E-state index contributed by atoms with van der Waals surface area (Å²) in [4.78, 5) is 9.57. The molecule has 56 valence electrons. The summed E-state index contributed by atoms with van der Waals surface area (Å²) in [7, 11) is 0. The standard InChI is InChI=1S/C5H7NS.CH2O2/c1-4-5(6)2-3-7-4;2-1-3/h2-3H,6H2,1H3;1H,(H,2,3). The van der Waals surface area contributed by atoms with E-state index >= 15 is 0 Å². The first-order valence-electron chi connectivity index (χ1n) is 2.59. The summed E-state index contributed by atoms with van der Waals surface area (Å²) < 4.78 is 0. The van der Waals surface area contributed by atoms with Crippen LogP contribution in [0.25, 0.3) is 0 Å². The number of aryl methyl sites for hydroxylation is 1. The lowest BCUT2D eigenvalue weighted by molar-refractivity contribution is -0.122. The summed E-state index contributed by atoms with van der Waals surface area (Å²) in [6.07, 6.45) is 0. The molecule has 1 aromatic heterocycles. The van der Waals surface area contributed by atoms with Crippen LogP contribution in [0.15, 0.2) is 11.4 Å². The number of hydrogen-bond donors (Lipinski definition) is 2. The molecule has 4 heteroatoms. The van der Waals surface area contributed by atoms with Gasteiger partial charge in [-0.15, -0.1) is 11.3 Å². The first-order chi connectivity index (χ1) is 4.72. The highest BCUT2D eigenvalue weighted by molar-refractivity contribution is 7.10. The third-order valence-corrected chi connectivity index (χ3v) is 1.76. The normalized spacial score (nSPS) is 7.70. The van der Waals surface area contributed by atoms with Crippen LogP contribution < -0.4 is 5.73 Å². The van der Waals surface area contributed by atoms with E-state index in [1.165, 1.54) is 4.88 Å². The van der Waals surface area contributed by atoms with Crippen LogP contribution in [0.5, 0.6) is 0 Å². The summed E-state index contributed by atoms with van der Waals surface area (Å²) >= 11 is 1.68. The molecule has 0 aliphatic carbocycles. The minimum Gasteiger partial charge on any atom is -0.483 e. The molecule has 10 heavy (non-hydrogen) atoms. The second-order valence-corrected chi connectivity index (χ2v) is 2.66. The first-order valence-corrected chi connectivity index (χ1v) is 3.47. The number of nitrogens with two attached hydrogens (primary N) is 1. The molecule has 1 rings (SSSR count). The van der Waals surface area contributed by atoms with Gasteiger partial charge in [-0.3, -0.25) is 4.79 Å². The summed E-state index contributed by atoms with van der Waals surface area (Å²) in [5.41, 5.74) is 6.36. The van der Waals surface area contributed by atoms with Gasteiger partial charge in [0.25, 0.3) is 6.47 Å². The van der Waals surface area contributed by atoms with Crippen molar-refractivity contribution in [3.63, 3.8) is 0 Å². The van der Waals surface area contributed by atoms with Gasteiger partial charge in [0, 0.05) is 10.6 Å². The molecule has 3 nitrogen and oxygen atoms in total. The van der Waals surface area contributed by atoms with E-state index in [0.29, 0.717) is 0 Å². The lowest BCUT2D eigenvalue weighted by atomic mass is 10.4. The molecule has 1 aromatic rings. The van der Waals surface area contributed by atoms with Gasteiger partial charge in [-0.1, -0.05) is 0 Å². The maximum absolute atomic E-state index is 8.36. The van der Waals surface area contributed by atoms with Gasteiger partial charge in [0.2, 0.25) is 0 Å². The van der Waals surface area contributed by atoms with E-state index in [9.17, 15) is 0 Å². The van der Waals surface area contributed by atoms with Crippen molar-refractivity contribution in [2.24, 2.45) is 0 Å². The van der Waals surface area contributed by atoms with Crippen LogP contribution in [0, 0.1) is 6.92 Å². The van der Waals surface area contributed by atoms with Crippen molar-refractivity contribution in [2.45, 2.75) is 6.92 Å². The molecule has 0 fully saturated rings. The lowest BCUT2D eigenvalue weighted by Crippen LogP contribution is -1.79. The number of thiophene rings is 1. The molecule has 0 saturated carbocycles. The predicted molar refractivity (Wildman–Crippen MR) is 42.2 cm³/mol. The van der Waals surface area contributed by atoms with Gasteiger partial charge >= 0.3 is 0 Å². The Labute approximate surface area is 63.1 Å². The topological polar surface area (TPSA) is 63.3 Å². The molecule has 0 unspecified atom stereocenters. The van der Waals surface area contributed by atoms with Crippen LogP contribution in [-0.2, 0) is 4.79 Å². The Hall–Kier alpha value is -1.03. The van der Waals surface area contributed by atoms with Crippen molar-refractivity contribution in [2.75, 3.05) is 5.73 Å². The van der Waals surface area contributed by atoms with Crippen molar-refractivity contribution in [1.82, 2.24) is 0 Å². The van der Waals surface area contributed by atoms with Gasteiger partial charge in [0.15, 0.2) is 0 Å². The monoisotopic (exact) mass is 159 g/mol. The number of nitrogen functional groups attached to an aromatic ring is 1. The first kappa shape index (κ1) is 8.97. The Bertz CT molecular complexity index is 181. The fourth-order valence-corrected chi connectivity index (χ4v) is 1.02. The van der Waals surface area contributed by atoms with Gasteiger partial charge in [0.05, 0.1) is 0 Å². The zero-order valence-electron chi connectivity index (χ0n) is 5.57. The highest BCUT2D eigenvalue weighted by Gasteiger charge is 1.87. The van der Waals surface area contributed by atoms with Crippen LogP contribution in [0.4, 0.5) is 5.69 Å². The summed E-state index contributed by atoms with van der Waals surface area (Å²) in [6, 6.07) is 1.92. The van der Waals surface area contributed by atoms with E-state index in [0.717, 1.165) is 5.69 Å². The van der Waals surface area contributed by atoms with E-state index < -0.39 is 0 Å². The summed E-state index contributed by atoms with van der Waals surface area (Å²) in [5.74, 6) is 0. The van der Waals surface area contributed by atoms with E-state index in [4.69, 9.17) is 15.6 Å². The van der Waals surface area contributed by atoms with Gasteiger partial charge in [-0.05, 0) is 18.4 Å². The van der Waals surface area contributed by atoms with Gasteiger partial charge in [-0.25, -0.2) is 0 Å². The molecule has 3 N–H and O–H groups in total. The molecule has 0 saturated heterocycles. The molecule has 0 bridgehead atoms. The molecule has 0 radical (unpaired) electrons. The average Bonchev–Trinajstić information content (AvgIpc) is 2.19. The molecule has 0 atom stereocenters. The number of hydrogen-bond acceptors (Lipinski definition) is 3. The Balaban J connectivity index is 0.000000236. The smallest absolute Gasteiger partial charge is 0.290 e. The Kier molecular flexibility index (Phi) is 4.32. The highest BCUT2D eigenvalue weighted by atomic mass is 32.1. The number of anilines is 1. The predicted octanol–water partition coefficient (Wildman–Crippen LogP) is 1.34. The van der Waals surface area contributed by atoms with E-state index in [1.807, 2.05) is 18.4 Å². The molecule has 0 spiro atoms. The third-order valence-electron chi connectivity index (χ3n) is 0.899. The van der Waals surface area contributed by atoms with E-state index in [2.05, 4.69) is 0 Å². The Morgan fingerprint density at radius 3 is 2.40 bits per heavy atom. The fourth-order valence-electron chi connectivity index (χ4n) is 0.395. The Morgan fingerprint density at radius 2 is 2.30 bits per heavy atom. The SMILES string of the molecule is Cc1sccc1N.O=CO. The fraction of sp³-hybridized carbons (Fsp3) is 0.167. The molecule has 0 aromatic carbocycles. The molecule has 0 aliphatic rings. The van der Waals surface area contributed by atoms with Crippen LogP contribution in [0.1, 0.15) is 4.88 Å². The van der Waals surface area contributed by atoms with Crippen LogP contribution in [-0.4, -0.2) is 11.6 Å². The van der Waals surface area contributed by atoms with Gasteiger partial charge in [-0.2, -0.15) is 0 Å². The van der Waals surface area contributed by atoms with Crippen molar-refractivity contribution in [3.8, 4) is 0 Å². The average molecular weight is 159 g/mol. The number of rotatable bonds is 0. The van der Waals surface area contributed by atoms with Crippen LogP contribution in [0.2, 0.25) is 0 Å². The second kappa shape index (κ2) is 4.81. The maximum Gasteiger partial charge on any atom is 0.290 e. The zero-order valence-corrected chi connectivity index (χ0v) is 6.39. The zero-order chi connectivity index (χ0) is 7.98. The van der Waals surface area contributed by atoms with E-state index in [-0.39, 0.29) is 6.47 Å². The highest BCUT2D eigenvalue weighted by Crippen LogP contribution is 2.15. The van der Waals surface area contributed by atoms with Crippen LogP contribution >= 0.6 is 11.3 Å². The van der Waals surface area contributed by atoms with Crippen LogP contribution in [0.3, 0.4) is 0 Å². The van der Waals surface area contributed by atoms with Crippen molar-refractivity contribution in [3.05, 3.63) is 16.3 Å².